The monoisotopic (exact) mass is 262 g/mol. The lowest BCUT2D eigenvalue weighted by molar-refractivity contribution is 0.644. The first-order chi connectivity index (χ1) is 9.74. The molecule has 0 amide bonds. The number of aromatic amines is 1. The Kier molecular flexibility index (Phi) is 2.48. The summed E-state index contributed by atoms with van der Waals surface area (Å²) in [5.74, 6) is 0. The van der Waals surface area contributed by atoms with Gasteiger partial charge in [-0.15, -0.1) is 0 Å². The predicted octanol–water partition coefficient (Wildman–Crippen LogP) is 4.09. The van der Waals surface area contributed by atoms with Crippen molar-refractivity contribution in [3.8, 4) is 11.3 Å². The van der Waals surface area contributed by atoms with Crippen LogP contribution in [-0.4, -0.2) is 4.98 Å². The van der Waals surface area contributed by atoms with E-state index < -0.39 is 0 Å². The SMILES string of the molecule is Cc1cc2c3c(c(-c4ccccc4)[nH]c3c1)CCC2N. The van der Waals surface area contributed by atoms with E-state index in [4.69, 9.17) is 5.73 Å². The quantitative estimate of drug-likeness (QED) is 0.681. The lowest BCUT2D eigenvalue weighted by Gasteiger charge is -2.20. The smallest absolute Gasteiger partial charge is 0.0497 e. The first-order valence-corrected chi connectivity index (χ1v) is 7.20. The lowest BCUT2D eigenvalue weighted by atomic mass is 9.86. The van der Waals surface area contributed by atoms with Gasteiger partial charge in [-0.1, -0.05) is 36.4 Å². The summed E-state index contributed by atoms with van der Waals surface area (Å²) in [4.78, 5) is 3.62. The van der Waals surface area contributed by atoms with Gasteiger partial charge < -0.3 is 10.7 Å². The first-order valence-electron chi connectivity index (χ1n) is 7.20. The van der Waals surface area contributed by atoms with Crippen LogP contribution in [0.3, 0.4) is 0 Å². The molecule has 3 aromatic rings. The fraction of sp³-hybridized carbons (Fsp3) is 0.222. The van der Waals surface area contributed by atoms with E-state index in [0.717, 1.165) is 12.8 Å². The normalized spacial score (nSPS) is 17.6. The molecule has 1 atom stereocenters. The standard InChI is InChI=1S/C18H18N2/c1-11-9-14-15(19)8-7-13-17(14)16(10-11)20-18(13)12-5-3-2-4-6-12/h2-6,9-10,15,20H,7-8,19H2,1H3. The third-order valence-corrected chi connectivity index (χ3v) is 4.34. The summed E-state index contributed by atoms with van der Waals surface area (Å²) in [5.41, 5.74) is 14.1. The molecule has 0 aliphatic heterocycles. The molecule has 2 heteroatoms. The van der Waals surface area contributed by atoms with E-state index >= 15 is 0 Å². The van der Waals surface area contributed by atoms with Gasteiger partial charge in [0.1, 0.15) is 0 Å². The van der Waals surface area contributed by atoms with Crippen molar-refractivity contribution in [1.29, 1.82) is 0 Å². The van der Waals surface area contributed by atoms with E-state index in [1.807, 2.05) is 0 Å². The van der Waals surface area contributed by atoms with Crippen LogP contribution < -0.4 is 5.73 Å². The molecule has 0 saturated heterocycles. The van der Waals surface area contributed by atoms with Crippen molar-refractivity contribution in [3.05, 3.63) is 59.2 Å². The van der Waals surface area contributed by atoms with Crippen molar-refractivity contribution >= 4 is 10.9 Å². The highest BCUT2D eigenvalue weighted by Crippen LogP contribution is 2.40. The maximum atomic E-state index is 6.31. The molecule has 2 nitrogen and oxygen atoms in total. The van der Waals surface area contributed by atoms with Crippen LogP contribution in [0.15, 0.2) is 42.5 Å². The van der Waals surface area contributed by atoms with Crippen LogP contribution in [0.5, 0.6) is 0 Å². The van der Waals surface area contributed by atoms with Gasteiger partial charge in [0.05, 0.1) is 0 Å². The van der Waals surface area contributed by atoms with Crippen LogP contribution in [0.2, 0.25) is 0 Å². The Balaban J connectivity index is 2.07. The van der Waals surface area contributed by atoms with E-state index in [1.165, 1.54) is 38.9 Å². The van der Waals surface area contributed by atoms with E-state index in [0.29, 0.717) is 0 Å². The molecule has 1 aromatic heterocycles. The van der Waals surface area contributed by atoms with Gasteiger partial charge in [0.2, 0.25) is 0 Å². The Morgan fingerprint density at radius 2 is 1.95 bits per heavy atom. The topological polar surface area (TPSA) is 41.8 Å². The van der Waals surface area contributed by atoms with Crippen LogP contribution in [0.25, 0.3) is 22.2 Å². The van der Waals surface area contributed by atoms with Crippen LogP contribution in [-0.2, 0) is 6.42 Å². The molecular formula is C18H18N2. The third-order valence-electron chi connectivity index (χ3n) is 4.34. The van der Waals surface area contributed by atoms with Crippen LogP contribution >= 0.6 is 0 Å². The molecule has 3 N–H and O–H groups in total. The van der Waals surface area contributed by atoms with Crippen molar-refractivity contribution in [1.82, 2.24) is 4.98 Å². The van der Waals surface area contributed by atoms with Gasteiger partial charge in [-0.25, -0.2) is 0 Å². The second kappa shape index (κ2) is 4.22. The minimum atomic E-state index is 0.171. The summed E-state index contributed by atoms with van der Waals surface area (Å²) in [5, 5.41) is 1.35. The van der Waals surface area contributed by atoms with E-state index in [2.05, 4.69) is 54.4 Å². The number of hydrogen-bond acceptors (Lipinski definition) is 1. The van der Waals surface area contributed by atoms with Gasteiger partial charge in [0.15, 0.2) is 0 Å². The number of H-pyrrole nitrogens is 1. The average molecular weight is 262 g/mol. The molecule has 0 saturated carbocycles. The molecule has 0 bridgehead atoms. The molecule has 1 aliphatic rings. The zero-order valence-corrected chi connectivity index (χ0v) is 11.6. The molecule has 1 unspecified atom stereocenters. The Bertz CT molecular complexity index is 784. The van der Waals surface area contributed by atoms with Crippen molar-refractivity contribution in [2.24, 2.45) is 5.73 Å². The number of rotatable bonds is 1. The minimum Gasteiger partial charge on any atom is -0.354 e. The summed E-state index contributed by atoms with van der Waals surface area (Å²) < 4.78 is 0. The fourth-order valence-corrected chi connectivity index (χ4v) is 3.43. The second-order valence-electron chi connectivity index (χ2n) is 5.77. The van der Waals surface area contributed by atoms with Gasteiger partial charge in [-0.2, -0.15) is 0 Å². The molecule has 20 heavy (non-hydrogen) atoms. The summed E-state index contributed by atoms with van der Waals surface area (Å²) in [6.07, 6.45) is 2.09. The van der Waals surface area contributed by atoms with E-state index in [-0.39, 0.29) is 6.04 Å². The number of nitrogens with one attached hydrogen (secondary N) is 1. The number of aryl methyl sites for hydroxylation is 2. The summed E-state index contributed by atoms with van der Waals surface area (Å²) in [6, 6.07) is 15.2. The third kappa shape index (κ3) is 1.61. The van der Waals surface area contributed by atoms with Crippen molar-refractivity contribution in [2.75, 3.05) is 0 Å². The van der Waals surface area contributed by atoms with Crippen molar-refractivity contribution < 1.29 is 0 Å². The molecule has 0 fully saturated rings. The van der Waals surface area contributed by atoms with Gasteiger partial charge >= 0.3 is 0 Å². The zero-order valence-electron chi connectivity index (χ0n) is 11.6. The fourth-order valence-electron chi connectivity index (χ4n) is 3.43. The Labute approximate surface area is 118 Å². The van der Waals surface area contributed by atoms with E-state index in [1.54, 1.807) is 0 Å². The number of hydrogen-bond donors (Lipinski definition) is 2. The summed E-state index contributed by atoms with van der Waals surface area (Å²) >= 11 is 0. The van der Waals surface area contributed by atoms with Crippen LogP contribution in [0.1, 0.15) is 29.2 Å². The Hall–Kier alpha value is -2.06. The average Bonchev–Trinajstić information content (AvgIpc) is 2.83. The van der Waals surface area contributed by atoms with Gasteiger partial charge in [-0.05, 0) is 48.1 Å². The maximum Gasteiger partial charge on any atom is 0.0497 e. The molecule has 1 aliphatic carbocycles. The van der Waals surface area contributed by atoms with E-state index in [9.17, 15) is 0 Å². The molecule has 100 valence electrons. The highest BCUT2D eigenvalue weighted by molar-refractivity contribution is 5.94. The zero-order chi connectivity index (χ0) is 13.7. The largest absolute Gasteiger partial charge is 0.354 e. The molecule has 0 spiro atoms. The molecule has 1 heterocycles. The van der Waals surface area contributed by atoms with Gasteiger partial charge in [0, 0.05) is 22.6 Å². The molecular weight excluding hydrogens is 244 g/mol. The first kappa shape index (κ1) is 11.7. The second-order valence-corrected chi connectivity index (χ2v) is 5.77. The summed E-state index contributed by atoms with van der Waals surface area (Å²) in [7, 11) is 0. The van der Waals surface area contributed by atoms with Crippen LogP contribution in [0.4, 0.5) is 0 Å². The molecule has 2 aromatic carbocycles. The van der Waals surface area contributed by atoms with Gasteiger partial charge in [0.25, 0.3) is 0 Å². The Morgan fingerprint density at radius 1 is 1.15 bits per heavy atom. The number of benzene rings is 2. The maximum absolute atomic E-state index is 6.31. The minimum absolute atomic E-state index is 0.171. The molecule has 0 radical (unpaired) electrons. The highest BCUT2D eigenvalue weighted by Gasteiger charge is 2.24. The van der Waals surface area contributed by atoms with Crippen molar-refractivity contribution in [2.45, 2.75) is 25.8 Å². The predicted molar refractivity (Wildman–Crippen MR) is 83.7 cm³/mol. The number of nitrogens with two attached hydrogens (primary N) is 1. The Morgan fingerprint density at radius 3 is 2.75 bits per heavy atom. The molecule has 4 rings (SSSR count). The summed E-state index contributed by atoms with van der Waals surface area (Å²) in [6.45, 7) is 2.14. The number of aromatic nitrogens is 1. The highest BCUT2D eigenvalue weighted by atomic mass is 14.7. The van der Waals surface area contributed by atoms with Crippen molar-refractivity contribution in [3.63, 3.8) is 0 Å². The van der Waals surface area contributed by atoms with Crippen LogP contribution in [0, 0.1) is 6.92 Å². The van der Waals surface area contributed by atoms with Gasteiger partial charge in [-0.3, -0.25) is 0 Å². The lowest BCUT2D eigenvalue weighted by Crippen LogP contribution is -2.15.